The molecule has 0 aliphatic carbocycles. The number of carbonyl (C=O) groups excluding carboxylic acids is 1. The highest BCUT2D eigenvalue weighted by Crippen LogP contribution is 2.20. The van der Waals surface area contributed by atoms with E-state index in [9.17, 15) is 4.79 Å². The van der Waals surface area contributed by atoms with Crippen molar-refractivity contribution in [3.05, 3.63) is 36.0 Å². The fourth-order valence-electron chi connectivity index (χ4n) is 2.96. The summed E-state index contributed by atoms with van der Waals surface area (Å²) < 4.78 is 0. The van der Waals surface area contributed by atoms with Crippen molar-refractivity contribution in [3.8, 4) is 0 Å². The zero-order valence-corrected chi connectivity index (χ0v) is 11.9. The third-order valence-corrected chi connectivity index (χ3v) is 4.23. The Morgan fingerprint density at radius 1 is 1.45 bits per heavy atom. The lowest BCUT2D eigenvalue weighted by Crippen LogP contribution is -2.33. The maximum atomic E-state index is 12.2. The van der Waals surface area contributed by atoms with Crippen LogP contribution in [0.15, 0.2) is 30.5 Å². The predicted octanol–water partition coefficient (Wildman–Crippen LogP) is 1.92. The van der Waals surface area contributed by atoms with E-state index in [1.165, 1.54) is 10.9 Å². The van der Waals surface area contributed by atoms with E-state index >= 15 is 0 Å². The minimum Gasteiger partial charge on any atom is -0.361 e. The molecule has 1 fully saturated rings. The van der Waals surface area contributed by atoms with Crippen LogP contribution >= 0.6 is 0 Å². The summed E-state index contributed by atoms with van der Waals surface area (Å²) in [5, 5.41) is 4.48. The van der Waals surface area contributed by atoms with Crippen LogP contribution in [0.2, 0.25) is 0 Å². The Morgan fingerprint density at radius 3 is 3.10 bits per heavy atom. The van der Waals surface area contributed by atoms with Gasteiger partial charge in [-0.3, -0.25) is 4.79 Å². The van der Waals surface area contributed by atoms with Gasteiger partial charge in [0.25, 0.3) is 0 Å². The van der Waals surface area contributed by atoms with Gasteiger partial charge in [-0.1, -0.05) is 18.2 Å². The first-order chi connectivity index (χ1) is 9.78. The first kappa shape index (κ1) is 13.2. The molecule has 0 bridgehead atoms. The summed E-state index contributed by atoms with van der Waals surface area (Å²) >= 11 is 0. The maximum Gasteiger partial charge on any atom is 0.222 e. The summed E-state index contributed by atoms with van der Waals surface area (Å²) in [4.78, 5) is 17.5. The van der Waals surface area contributed by atoms with Crippen LogP contribution in [0.1, 0.15) is 18.4 Å². The number of fused-ring (bicyclic) bond motifs is 1. The first-order valence-corrected chi connectivity index (χ1v) is 7.28. The topological polar surface area (TPSA) is 48.1 Å². The molecule has 106 valence electrons. The molecule has 1 aromatic heterocycles. The van der Waals surface area contributed by atoms with Gasteiger partial charge in [0.05, 0.1) is 0 Å². The lowest BCUT2D eigenvalue weighted by Gasteiger charge is -2.16. The Hall–Kier alpha value is -1.81. The summed E-state index contributed by atoms with van der Waals surface area (Å²) in [5.74, 6) is 0.271. The minimum atomic E-state index is 0.271. The van der Waals surface area contributed by atoms with Gasteiger partial charge in [-0.15, -0.1) is 0 Å². The van der Waals surface area contributed by atoms with Gasteiger partial charge < -0.3 is 15.2 Å². The molecule has 1 saturated heterocycles. The van der Waals surface area contributed by atoms with Crippen molar-refractivity contribution in [1.29, 1.82) is 0 Å². The van der Waals surface area contributed by atoms with Gasteiger partial charge in [0.1, 0.15) is 0 Å². The van der Waals surface area contributed by atoms with Crippen LogP contribution in [-0.2, 0) is 11.2 Å². The third kappa shape index (κ3) is 2.56. The van der Waals surface area contributed by atoms with Gasteiger partial charge in [0.15, 0.2) is 0 Å². The Morgan fingerprint density at radius 2 is 2.30 bits per heavy atom. The Balaban J connectivity index is 1.61. The zero-order chi connectivity index (χ0) is 13.9. The molecule has 4 nitrogen and oxygen atoms in total. The number of aryl methyl sites for hydroxylation is 1. The van der Waals surface area contributed by atoms with Crippen LogP contribution in [0, 0.1) is 0 Å². The summed E-state index contributed by atoms with van der Waals surface area (Å²) in [6.45, 7) is 1.74. The van der Waals surface area contributed by atoms with Crippen molar-refractivity contribution in [2.24, 2.45) is 0 Å². The summed E-state index contributed by atoms with van der Waals surface area (Å²) in [6, 6.07) is 8.71. The van der Waals surface area contributed by atoms with E-state index in [1.807, 2.05) is 30.3 Å². The van der Waals surface area contributed by atoms with Gasteiger partial charge in [-0.05, 0) is 31.5 Å². The normalized spacial score (nSPS) is 18.9. The summed E-state index contributed by atoms with van der Waals surface area (Å²) in [5.41, 5.74) is 2.38. The molecule has 1 amide bonds. The molecule has 4 heteroatoms. The summed E-state index contributed by atoms with van der Waals surface area (Å²) in [6.07, 6.45) is 4.50. The lowest BCUT2D eigenvalue weighted by atomic mass is 10.1. The second kappa shape index (κ2) is 5.67. The van der Waals surface area contributed by atoms with E-state index in [-0.39, 0.29) is 5.91 Å². The average molecular weight is 271 g/mol. The number of H-pyrrole nitrogens is 1. The number of amides is 1. The number of rotatable bonds is 4. The molecule has 1 unspecified atom stereocenters. The SMILES string of the molecule is CNC1CCN(C(=O)CCc2c[nH]c3ccccc23)C1. The highest BCUT2D eigenvalue weighted by atomic mass is 16.2. The number of para-hydroxylation sites is 1. The third-order valence-electron chi connectivity index (χ3n) is 4.23. The predicted molar refractivity (Wildman–Crippen MR) is 80.7 cm³/mol. The number of nitrogens with one attached hydrogen (secondary N) is 2. The molecule has 0 saturated carbocycles. The number of nitrogens with zero attached hydrogens (tertiary/aromatic N) is 1. The van der Waals surface area contributed by atoms with E-state index < -0.39 is 0 Å². The maximum absolute atomic E-state index is 12.2. The van der Waals surface area contributed by atoms with Gasteiger partial charge in [-0.25, -0.2) is 0 Å². The molecule has 1 aliphatic heterocycles. The number of aromatic amines is 1. The second-order valence-electron chi connectivity index (χ2n) is 5.47. The van der Waals surface area contributed by atoms with Gasteiger partial charge >= 0.3 is 0 Å². The fraction of sp³-hybridized carbons (Fsp3) is 0.438. The van der Waals surface area contributed by atoms with E-state index in [0.717, 1.165) is 31.4 Å². The minimum absolute atomic E-state index is 0.271. The first-order valence-electron chi connectivity index (χ1n) is 7.28. The Labute approximate surface area is 119 Å². The molecule has 1 aromatic carbocycles. The van der Waals surface area contributed by atoms with Gasteiger partial charge in [0, 0.05) is 42.7 Å². The van der Waals surface area contributed by atoms with Crippen LogP contribution in [0.4, 0.5) is 0 Å². The van der Waals surface area contributed by atoms with Crippen molar-refractivity contribution in [2.75, 3.05) is 20.1 Å². The molecule has 1 aliphatic rings. The molecule has 2 aromatic rings. The molecular formula is C16H21N3O. The quantitative estimate of drug-likeness (QED) is 0.892. The number of likely N-dealkylation sites (N-methyl/N-ethyl adjacent to an activating group) is 1. The monoisotopic (exact) mass is 271 g/mol. The van der Waals surface area contributed by atoms with Crippen molar-refractivity contribution in [3.63, 3.8) is 0 Å². The molecule has 0 radical (unpaired) electrons. The number of likely N-dealkylation sites (tertiary alicyclic amines) is 1. The summed E-state index contributed by atoms with van der Waals surface area (Å²) in [7, 11) is 1.96. The van der Waals surface area contributed by atoms with Gasteiger partial charge in [0.2, 0.25) is 5.91 Å². The van der Waals surface area contributed by atoms with Crippen molar-refractivity contribution >= 4 is 16.8 Å². The van der Waals surface area contributed by atoms with Crippen LogP contribution in [-0.4, -0.2) is 42.0 Å². The van der Waals surface area contributed by atoms with Crippen molar-refractivity contribution < 1.29 is 4.79 Å². The van der Waals surface area contributed by atoms with Crippen molar-refractivity contribution in [2.45, 2.75) is 25.3 Å². The number of carbonyl (C=O) groups is 1. The molecule has 2 heterocycles. The van der Waals surface area contributed by atoms with E-state index in [1.54, 1.807) is 0 Å². The standard InChI is InChI=1S/C16H21N3O/c1-17-13-8-9-19(11-13)16(20)7-6-12-10-18-15-5-3-2-4-14(12)15/h2-5,10,13,17-18H,6-9,11H2,1H3. The van der Waals surface area contributed by atoms with E-state index in [2.05, 4.69) is 22.4 Å². The van der Waals surface area contributed by atoms with Crippen LogP contribution < -0.4 is 5.32 Å². The molecule has 3 rings (SSSR count). The van der Waals surface area contributed by atoms with Gasteiger partial charge in [-0.2, -0.15) is 0 Å². The zero-order valence-electron chi connectivity index (χ0n) is 11.9. The van der Waals surface area contributed by atoms with E-state index in [0.29, 0.717) is 12.5 Å². The number of hydrogen-bond donors (Lipinski definition) is 2. The molecule has 0 spiro atoms. The number of aromatic nitrogens is 1. The van der Waals surface area contributed by atoms with Crippen LogP contribution in [0.5, 0.6) is 0 Å². The highest BCUT2D eigenvalue weighted by molar-refractivity contribution is 5.84. The number of benzene rings is 1. The Kier molecular flexibility index (Phi) is 3.74. The smallest absolute Gasteiger partial charge is 0.222 e. The average Bonchev–Trinajstić information content (AvgIpc) is 3.11. The lowest BCUT2D eigenvalue weighted by molar-refractivity contribution is -0.130. The molecular weight excluding hydrogens is 250 g/mol. The Bertz CT molecular complexity index is 605. The number of hydrogen-bond acceptors (Lipinski definition) is 2. The second-order valence-corrected chi connectivity index (χ2v) is 5.47. The van der Waals surface area contributed by atoms with Crippen LogP contribution in [0.25, 0.3) is 10.9 Å². The van der Waals surface area contributed by atoms with Crippen LogP contribution in [0.3, 0.4) is 0 Å². The van der Waals surface area contributed by atoms with E-state index in [4.69, 9.17) is 0 Å². The highest BCUT2D eigenvalue weighted by Gasteiger charge is 2.24. The fourth-order valence-corrected chi connectivity index (χ4v) is 2.96. The van der Waals surface area contributed by atoms with Crippen molar-refractivity contribution in [1.82, 2.24) is 15.2 Å². The largest absolute Gasteiger partial charge is 0.361 e. The molecule has 20 heavy (non-hydrogen) atoms. The molecule has 2 N–H and O–H groups in total. The molecule has 1 atom stereocenters.